The summed E-state index contributed by atoms with van der Waals surface area (Å²) in [5.41, 5.74) is 0. The highest BCUT2D eigenvalue weighted by Gasteiger charge is 2.23. The lowest BCUT2D eigenvalue weighted by Gasteiger charge is -2.15. The molecule has 0 aromatic heterocycles. The third-order valence-corrected chi connectivity index (χ3v) is 10.2. The summed E-state index contributed by atoms with van der Waals surface area (Å²) in [5, 5.41) is 12.7. The molecule has 0 aromatic rings. The van der Waals surface area contributed by atoms with E-state index in [1.54, 1.807) is 0 Å². The van der Waals surface area contributed by atoms with Crippen LogP contribution in [0.1, 0.15) is 168 Å². The van der Waals surface area contributed by atoms with Gasteiger partial charge in [0, 0.05) is 19.4 Å². The Hall–Kier alpha value is -3.33. The summed E-state index contributed by atoms with van der Waals surface area (Å²) in [7, 11) is -4.44. The van der Waals surface area contributed by atoms with Crippen molar-refractivity contribution in [3.8, 4) is 0 Å². The van der Waals surface area contributed by atoms with Crippen LogP contribution in [0.15, 0.2) is 109 Å². The number of nitrogens with one attached hydrogen (secondary N) is 1. The molecule has 0 aliphatic rings. The van der Waals surface area contributed by atoms with Gasteiger partial charge in [-0.2, -0.15) is 0 Å². The van der Waals surface area contributed by atoms with E-state index in [0.717, 1.165) is 109 Å². The second-order valence-electron chi connectivity index (χ2n) is 15.0. The van der Waals surface area contributed by atoms with Crippen molar-refractivity contribution in [3.05, 3.63) is 109 Å². The third kappa shape index (κ3) is 47.6. The fraction of sp³-hybridized carbons (Fsp3) is 0.608. The van der Waals surface area contributed by atoms with Gasteiger partial charge in [-0.1, -0.05) is 162 Å². The zero-order chi connectivity index (χ0) is 44.6. The molecule has 3 N–H and O–H groups in total. The molecule has 346 valence electrons. The van der Waals surface area contributed by atoms with Crippen molar-refractivity contribution in [2.75, 3.05) is 26.4 Å². The van der Waals surface area contributed by atoms with Crippen molar-refractivity contribution in [1.82, 2.24) is 5.32 Å². The standard InChI is InChI=1S/C51H84NO8P/c1-3-5-7-9-11-13-15-17-19-21-23-24-26-27-29-31-33-35-37-39-41-43-50(54)52-45-46-59-61(56,57)60-48-49(53)47-58-51(55)44-42-40-38-36-34-32-30-28-25-22-20-18-16-14-12-10-8-6-4-2/h5,7,11-14,17-20,23-25,27-29,32,34,49,53H,3-4,6,8-10,15-16,21-22,26,30-31,33,35-48H2,1-2H3,(H,52,54)(H,56,57)/b7-5-,13-11-,14-12-,19-17-,20-18-,24-23-,28-25-,29-27-,34-32-. The van der Waals surface area contributed by atoms with Crippen LogP contribution in [0.3, 0.4) is 0 Å². The minimum absolute atomic E-state index is 0.0592. The molecule has 0 aromatic carbocycles. The molecule has 61 heavy (non-hydrogen) atoms. The van der Waals surface area contributed by atoms with Crippen LogP contribution in [0.4, 0.5) is 0 Å². The lowest BCUT2D eigenvalue weighted by atomic mass is 10.1. The predicted octanol–water partition coefficient (Wildman–Crippen LogP) is 13.5. The number of amides is 1. The number of aliphatic hydroxyl groups excluding tert-OH is 1. The molecule has 2 unspecified atom stereocenters. The molecule has 0 rings (SSSR count). The molecule has 0 heterocycles. The largest absolute Gasteiger partial charge is 0.472 e. The summed E-state index contributed by atoms with van der Waals surface area (Å²) >= 11 is 0. The number of carbonyl (C=O) groups excluding carboxylic acids is 2. The van der Waals surface area contributed by atoms with Crippen LogP contribution in [-0.4, -0.2) is 54.3 Å². The summed E-state index contributed by atoms with van der Waals surface area (Å²) in [6.07, 6.45) is 61.6. The Morgan fingerprint density at radius 1 is 0.525 bits per heavy atom. The second-order valence-corrected chi connectivity index (χ2v) is 16.4. The van der Waals surface area contributed by atoms with Gasteiger partial charge >= 0.3 is 13.8 Å². The Balaban J connectivity index is 3.71. The first-order valence-electron chi connectivity index (χ1n) is 23.4. The van der Waals surface area contributed by atoms with E-state index in [-0.39, 0.29) is 32.1 Å². The molecular formula is C51H84NO8P. The average Bonchev–Trinajstić information content (AvgIpc) is 3.25. The lowest BCUT2D eigenvalue weighted by molar-refractivity contribution is -0.147. The van der Waals surface area contributed by atoms with Crippen LogP contribution in [0, 0.1) is 0 Å². The van der Waals surface area contributed by atoms with Crippen LogP contribution in [0.2, 0.25) is 0 Å². The van der Waals surface area contributed by atoms with Gasteiger partial charge in [0.25, 0.3) is 0 Å². The van der Waals surface area contributed by atoms with Gasteiger partial charge in [0.15, 0.2) is 0 Å². The first-order valence-corrected chi connectivity index (χ1v) is 24.9. The van der Waals surface area contributed by atoms with E-state index in [1.165, 1.54) is 25.7 Å². The van der Waals surface area contributed by atoms with Crippen LogP contribution in [0.25, 0.3) is 0 Å². The Morgan fingerprint density at radius 2 is 0.934 bits per heavy atom. The van der Waals surface area contributed by atoms with E-state index >= 15 is 0 Å². The summed E-state index contributed by atoms with van der Waals surface area (Å²) in [6.45, 7) is 3.33. The number of hydrogen-bond donors (Lipinski definition) is 3. The molecule has 0 saturated carbocycles. The molecule has 0 bridgehead atoms. The van der Waals surface area contributed by atoms with Crippen molar-refractivity contribution in [3.63, 3.8) is 0 Å². The van der Waals surface area contributed by atoms with Crippen molar-refractivity contribution in [2.45, 2.75) is 174 Å². The molecule has 9 nitrogen and oxygen atoms in total. The maximum Gasteiger partial charge on any atom is 0.472 e. The number of phosphoric acid groups is 1. The lowest BCUT2D eigenvalue weighted by Crippen LogP contribution is -2.27. The molecule has 0 aliphatic carbocycles. The number of phosphoric ester groups is 1. The van der Waals surface area contributed by atoms with Gasteiger partial charge in [0.05, 0.1) is 13.2 Å². The smallest absolute Gasteiger partial charge is 0.463 e. The molecule has 0 spiro atoms. The van der Waals surface area contributed by atoms with Crippen molar-refractivity contribution in [1.29, 1.82) is 0 Å². The number of esters is 1. The van der Waals surface area contributed by atoms with Gasteiger partial charge in [-0.15, -0.1) is 0 Å². The number of carbonyl (C=O) groups is 2. The van der Waals surface area contributed by atoms with Crippen LogP contribution >= 0.6 is 7.82 Å². The highest BCUT2D eigenvalue weighted by Crippen LogP contribution is 2.42. The number of unbranched alkanes of at least 4 members (excludes halogenated alkanes) is 11. The summed E-state index contributed by atoms with van der Waals surface area (Å²) in [6, 6.07) is 0. The highest BCUT2D eigenvalue weighted by molar-refractivity contribution is 7.47. The third-order valence-electron chi connectivity index (χ3n) is 9.19. The maximum atomic E-state index is 12.1. The topological polar surface area (TPSA) is 131 Å². The Labute approximate surface area is 371 Å². The monoisotopic (exact) mass is 870 g/mol. The second kappa shape index (κ2) is 46.2. The van der Waals surface area contributed by atoms with Crippen LogP contribution in [0.5, 0.6) is 0 Å². The quantitative estimate of drug-likeness (QED) is 0.0239. The minimum Gasteiger partial charge on any atom is -0.463 e. The SMILES string of the molecule is CC/C=C\C/C=C\C/C=C\C/C=C\C/C=C\CCCCCCCC(=O)NCCOP(=O)(O)OCC(O)COC(=O)CCCCC/C=C\C/C=C\C/C=C\C/C=C\CCCCC. The van der Waals surface area contributed by atoms with Gasteiger partial charge in [-0.3, -0.25) is 18.6 Å². The average molecular weight is 870 g/mol. The Kier molecular flexibility index (Phi) is 43.7. The fourth-order valence-electron chi connectivity index (χ4n) is 5.68. The van der Waals surface area contributed by atoms with Crippen LogP contribution in [-0.2, 0) is 27.9 Å². The normalized spacial score (nSPS) is 14.2. The number of rotatable bonds is 42. The number of hydrogen-bond acceptors (Lipinski definition) is 7. The van der Waals surface area contributed by atoms with Crippen molar-refractivity contribution in [2.24, 2.45) is 0 Å². The van der Waals surface area contributed by atoms with Crippen LogP contribution < -0.4 is 5.32 Å². The molecule has 0 radical (unpaired) electrons. The van der Waals surface area contributed by atoms with Crippen molar-refractivity contribution < 1.29 is 37.9 Å². The van der Waals surface area contributed by atoms with Gasteiger partial charge in [0.2, 0.25) is 5.91 Å². The summed E-state index contributed by atoms with van der Waals surface area (Å²) < 4.78 is 26.9. The van der Waals surface area contributed by atoms with Crippen molar-refractivity contribution >= 4 is 19.7 Å². The van der Waals surface area contributed by atoms with E-state index in [2.05, 4.69) is 129 Å². The zero-order valence-corrected chi connectivity index (χ0v) is 39.0. The van der Waals surface area contributed by atoms with E-state index in [9.17, 15) is 24.2 Å². The van der Waals surface area contributed by atoms with E-state index in [1.807, 2.05) is 0 Å². The Bertz CT molecular complexity index is 1360. The number of ether oxygens (including phenoxy) is 1. The minimum atomic E-state index is -4.44. The molecule has 0 aliphatic heterocycles. The molecule has 0 fully saturated rings. The van der Waals surface area contributed by atoms with E-state index in [0.29, 0.717) is 12.8 Å². The first-order chi connectivity index (χ1) is 29.8. The highest BCUT2D eigenvalue weighted by atomic mass is 31.2. The van der Waals surface area contributed by atoms with Gasteiger partial charge in [-0.05, 0) is 103 Å². The fourth-order valence-corrected chi connectivity index (χ4v) is 6.44. The summed E-state index contributed by atoms with van der Waals surface area (Å²) in [4.78, 5) is 34.0. The summed E-state index contributed by atoms with van der Waals surface area (Å²) in [5.74, 6) is -0.576. The predicted molar refractivity (Wildman–Crippen MR) is 256 cm³/mol. The van der Waals surface area contributed by atoms with Gasteiger partial charge < -0.3 is 20.1 Å². The molecule has 10 heteroatoms. The molecule has 0 saturated heterocycles. The number of aliphatic hydroxyl groups is 1. The molecular weight excluding hydrogens is 786 g/mol. The maximum absolute atomic E-state index is 12.1. The van der Waals surface area contributed by atoms with Gasteiger partial charge in [-0.25, -0.2) is 4.57 Å². The molecule has 2 atom stereocenters. The molecule has 1 amide bonds. The first kappa shape index (κ1) is 57.7. The Morgan fingerprint density at radius 3 is 1.43 bits per heavy atom. The van der Waals surface area contributed by atoms with E-state index in [4.69, 9.17) is 13.8 Å². The van der Waals surface area contributed by atoms with E-state index < -0.39 is 26.5 Å². The zero-order valence-electron chi connectivity index (χ0n) is 38.1. The van der Waals surface area contributed by atoms with Gasteiger partial charge in [0.1, 0.15) is 12.7 Å². The number of allylic oxidation sites excluding steroid dienone is 18.